The Morgan fingerprint density at radius 1 is 1.06 bits per heavy atom. The lowest BCUT2D eigenvalue weighted by atomic mass is 10.00. The normalized spacial score (nSPS) is 15.3. The van der Waals surface area contributed by atoms with Gasteiger partial charge in [-0.2, -0.15) is 0 Å². The topological polar surface area (TPSA) is 56.7 Å². The molecule has 4 rings (SSSR count). The molecule has 0 aromatic heterocycles. The molecule has 5 nitrogen and oxygen atoms in total. The first-order chi connectivity index (χ1) is 16.3. The average Bonchev–Trinajstić information content (AvgIpc) is 2.91. The Morgan fingerprint density at radius 3 is 2.53 bits per heavy atom. The van der Waals surface area contributed by atoms with E-state index < -0.39 is 6.17 Å². The lowest BCUT2D eigenvalue weighted by Crippen LogP contribution is -2.49. The number of aliphatic imine (C=N–C) groups is 1. The van der Waals surface area contributed by atoms with Gasteiger partial charge in [-0.15, -0.1) is 0 Å². The van der Waals surface area contributed by atoms with Crippen LogP contribution < -0.4 is 15.5 Å². The zero-order valence-electron chi connectivity index (χ0n) is 18.8. The second-order valence-corrected chi connectivity index (χ2v) is 9.31. The number of benzodiazepines with no additional fused rings is 1. The number of nitrogens with zero attached hydrogens (tertiary/aromatic N) is 2. The van der Waals surface area contributed by atoms with Gasteiger partial charge in [0.1, 0.15) is 0 Å². The van der Waals surface area contributed by atoms with Crippen molar-refractivity contribution in [2.75, 3.05) is 18.5 Å². The number of hydrogen-bond acceptors (Lipinski definition) is 3. The number of fused-ring (bicyclic) bond motifs is 1. The van der Waals surface area contributed by atoms with Crippen LogP contribution in [-0.4, -0.2) is 36.5 Å². The van der Waals surface area contributed by atoms with Crippen molar-refractivity contribution in [3.05, 3.63) is 99.0 Å². The van der Waals surface area contributed by atoms with E-state index in [0.717, 1.165) is 12.0 Å². The van der Waals surface area contributed by atoms with Crippen molar-refractivity contribution < 1.29 is 4.79 Å². The minimum atomic E-state index is -0.929. The molecular formula is C26H24Cl2N4OS. The van der Waals surface area contributed by atoms with Gasteiger partial charge in [0.25, 0.3) is 5.91 Å². The minimum absolute atomic E-state index is 0.242. The van der Waals surface area contributed by atoms with Crippen LogP contribution in [0.2, 0.25) is 10.0 Å². The molecule has 174 valence electrons. The number of thiocarbonyl (C=S) groups is 1. The lowest BCUT2D eigenvalue weighted by Gasteiger charge is -2.22. The van der Waals surface area contributed by atoms with Crippen molar-refractivity contribution in [2.45, 2.75) is 19.5 Å². The number of carbonyl (C=O) groups is 1. The van der Waals surface area contributed by atoms with E-state index in [-0.39, 0.29) is 5.91 Å². The zero-order chi connectivity index (χ0) is 24.2. The maximum atomic E-state index is 13.3. The van der Waals surface area contributed by atoms with Crippen LogP contribution in [0.15, 0.2) is 71.7 Å². The predicted octanol–water partition coefficient (Wildman–Crippen LogP) is 5.15. The zero-order valence-corrected chi connectivity index (χ0v) is 21.1. The molecule has 1 unspecified atom stereocenters. The van der Waals surface area contributed by atoms with Crippen molar-refractivity contribution in [1.29, 1.82) is 0 Å². The predicted molar refractivity (Wildman–Crippen MR) is 144 cm³/mol. The van der Waals surface area contributed by atoms with E-state index in [9.17, 15) is 4.79 Å². The van der Waals surface area contributed by atoms with Crippen LogP contribution in [-0.2, 0) is 11.2 Å². The van der Waals surface area contributed by atoms with Gasteiger partial charge in [-0.1, -0.05) is 71.2 Å². The number of likely N-dealkylation sites (N-methyl/N-ethyl adjacent to an activating group) is 1. The molecule has 3 aromatic carbocycles. The molecule has 0 aliphatic carbocycles. The number of anilines is 1. The Balaban J connectivity index is 1.59. The Bertz CT molecular complexity index is 1260. The van der Waals surface area contributed by atoms with Crippen molar-refractivity contribution >= 4 is 57.8 Å². The van der Waals surface area contributed by atoms with Gasteiger partial charge in [-0.05, 0) is 55.4 Å². The van der Waals surface area contributed by atoms with Crippen molar-refractivity contribution in [1.82, 2.24) is 10.6 Å². The molecule has 1 amide bonds. The third-order valence-electron chi connectivity index (χ3n) is 5.61. The van der Waals surface area contributed by atoms with E-state index in [1.54, 1.807) is 30.1 Å². The van der Waals surface area contributed by atoms with Gasteiger partial charge in [0.15, 0.2) is 5.11 Å². The summed E-state index contributed by atoms with van der Waals surface area (Å²) in [5.74, 6) is -0.242. The van der Waals surface area contributed by atoms with Crippen molar-refractivity contribution in [2.24, 2.45) is 4.99 Å². The highest BCUT2D eigenvalue weighted by Crippen LogP contribution is 2.31. The summed E-state index contributed by atoms with van der Waals surface area (Å²) < 4.78 is 0. The fraction of sp³-hybridized carbons (Fsp3) is 0.192. The maximum absolute atomic E-state index is 13.3. The third kappa shape index (κ3) is 5.41. The van der Waals surface area contributed by atoms with E-state index in [0.29, 0.717) is 38.7 Å². The van der Waals surface area contributed by atoms with Crippen molar-refractivity contribution in [3.8, 4) is 0 Å². The Labute approximate surface area is 214 Å². The number of nitrogens with one attached hydrogen (secondary N) is 2. The number of aryl methyl sites for hydroxylation is 1. The second-order valence-electron chi connectivity index (χ2n) is 8.05. The summed E-state index contributed by atoms with van der Waals surface area (Å²) in [6.45, 7) is 2.69. The highest BCUT2D eigenvalue weighted by molar-refractivity contribution is 7.80. The fourth-order valence-electron chi connectivity index (χ4n) is 3.76. The number of amides is 1. The quantitative estimate of drug-likeness (QED) is 0.466. The van der Waals surface area contributed by atoms with Gasteiger partial charge < -0.3 is 15.5 Å². The van der Waals surface area contributed by atoms with Crippen LogP contribution in [0.5, 0.6) is 0 Å². The fourth-order valence-corrected chi connectivity index (χ4v) is 4.37. The first-order valence-electron chi connectivity index (χ1n) is 10.8. The molecule has 0 radical (unpaired) electrons. The Morgan fingerprint density at radius 2 is 1.79 bits per heavy atom. The monoisotopic (exact) mass is 510 g/mol. The summed E-state index contributed by atoms with van der Waals surface area (Å²) in [5.41, 5.74) is 5.12. The SMILES string of the molecule is Cc1ccc(CCNC(=S)NC2N=C(c3ccccc3Cl)c3cc(Cl)ccc3N(C)C2=O)cc1. The summed E-state index contributed by atoms with van der Waals surface area (Å²) >= 11 is 18.3. The first-order valence-corrected chi connectivity index (χ1v) is 12.0. The number of benzene rings is 3. The van der Waals surface area contributed by atoms with Crippen LogP contribution in [0.4, 0.5) is 5.69 Å². The molecule has 1 aliphatic rings. The summed E-state index contributed by atoms with van der Waals surface area (Å²) in [6, 6.07) is 21.1. The molecule has 0 fully saturated rings. The number of hydrogen-bond donors (Lipinski definition) is 2. The molecule has 34 heavy (non-hydrogen) atoms. The van der Waals surface area contributed by atoms with E-state index in [1.807, 2.05) is 24.3 Å². The maximum Gasteiger partial charge on any atom is 0.272 e. The Hall–Kier alpha value is -2.93. The third-order valence-corrected chi connectivity index (χ3v) is 6.44. The molecule has 0 saturated heterocycles. The largest absolute Gasteiger partial charge is 0.362 e. The van der Waals surface area contributed by atoms with E-state index in [4.69, 9.17) is 40.4 Å². The number of rotatable bonds is 5. The van der Waals surface area contributed by atoms with Gasteiger partial charge >= 0.3 is 0 Å². The van der Waals surface area contributed by atoms with Crippen LogP contribution in [0.3, 0.4) is 0 Å². The van der Waals surface area contributed by atoms with Gasteiger partial charge in [-0.3, -0.25) is 4.79 Å². The summed E-state index contributed by atoms with van der Waals surface area (Å²) in [5, 5.41) is 7.67. The first kappa shape index (κ1) is 24.2. The van der Waals surface area contributed by atoms with Crippen LogP contribution >= 0.6 is 35.4 Å². The molecule has 3 aromatic rings. The van der Waals surface area contributed by atoms with E-state index in [2.05, 4.69) is 41.8 Å². The van der Waals surface area contributed by atoms with E-state index >= 15 is 0 Å². The summed E-state index contributed by atoms with van der Waals surface area (Å²) in [7, 11) is 1.71. The molecule has 0 saturated carbocycles. The molecule has 0 spiro atoms. The molecule has 1 aliphatic heterocycles. The molecule has 2 N–H and O–H groups in total. The van der Waals surface area contributed by atoms with Crippen molar-refractivity contribution in [3.63, 3.8) is 0 Å². The molecule has 1 heterocycles. The van der Waals surface area contributed by atoms with Crippen LogP contribution in [0.1, 0.15) is 22.3 Å². The molecular weight excluding hydrogens is 487 g/mol. The van der Waals surface area contributed by atoms with E-state index in [1.165, 1.54) is 11.1 Å². The highest BCUT2D eigenvalue weighted by atomic mass is 35.5. The van der Waals surface area contributed by atoms with Gasteiger partial charge in [0, 0.05) is 34.8 Å². The smallest absolute Gasteiger partial charge is 0.272 e. The second kappa shape index (κ2) is 10.6. The van der Waals surface area contributed by atoms with Gasteiger partial charge in [0.05, 0.1) is 11.4 Å². The summed E-state index contributed by atoms with van der Waals surface area (Å²) in [4.78, 5) is 19.7. The lowest BCUT2D eigenvalue weighted by molar-refractivity contribution is -0.119. The summed E-state index contributed by atoms with van der Waals surface area (Å²) in [6.07, 6.45) is -0.125. The highest BCUT2D eigenvalue weighted by Gasteiger charge is 2.31. The molecule has 0 bridgehead atoms. The number of halogens is 2. The molecule has 1 atom stereocenters. The van der Waals surface area contributed by atoms with Crippen LogP contribution in [0.25, 0.3) is 0 Å². The van der Waals surface area contributed by atoms with Crippen LogP contribution in [0, 0.1) is 6.92 Å². The Kier molecular flexibility index (Phi) is 7.51. The minimum Gasteiger partial charge on any atom is -0.362 e. The number of carbonyl (C=O) groups excluding carboxylic acids is 1. The van der Waals surface area contributed by atoms with Gasteiger partial charge in [-0.25, -0.2) is 4.99 Å². The standard InChI is InChI=1S/C26H24Cl2N4OS/c1-16-7-9-17(10-8-16)13-14-29-26(34)31-24-25(33)32(2)22-12-11-18(27)15-20(22)23(30-24)19-5-3-4-6-21(19)28/h3-12,15,24H,13-14H2,1-2H3,(H2,29,31,34). The molecule has 8 heteroatoms. The van der Waals surface area contributed by atoms with Gasteiger partial charge in [0.2, 0.25) is 6.17 Å². The average molecular weight is 511 g/mol.